The second-order valence-electron chi connectivity index (χ2n) is 1.50. The number of hydrazine groups is 1. The van der Waals surface area contributed by atoms with E-state index in [1.54, 1.807) is 14.1 Å². The lowest BCUT2D eigenvalue weighted by molar-refractivity contribution is 0.0314. The van der Waals surface area contributed by atoms with Crippen molar-refractivity contribution in [2.75, 3.05) is 14.1 Å². The number of hydrogen-bond acceptors (Lipinski definition) is 6. The SMILES string of the molecule is CN(C)N(N=C=O)N=C=O. The Morgan fingerprint density at radius 1 is 1.10 bits per heavy atom. The third kappa shape index (κ3) is 2.74. The summed E-state index contributed by atoms with van der Waals surface area (Å²) in [6.07, 6.45) is 2.44. The molecule has 0 N–H and O–H groups in total. The third-order valence-electron chi connectivity index (χ3n) is 0.618. The number of hydrogen-bond donors (Lipinski definition) is 0. The molecule has 0 aliphatic rings. The molecular formula is C4H6N4O2. The molecule has 0 saturated carbocycles. The summed E-state index contributed by atoms with van der Waals surface area (Å²) in [5, 5.41) is 8.16. The summed E-state index contributed by atoms with van der Waals surface area (Å²) >= 11 is 0. The lowest BCUT2D eigenvalue weighted by Gasteiger charge is -2.14. The van der Waals surface area contributed by atoms with E-state index >= 15 is 0 Å². The topological polar surface area (TPSA) is 65.3 Å². The van der Waals surface area contributed by atoms with Crippen LogP contribution in [0.5, 0.6) is 0 Å². The molecule has 0 heterocycles. The van der Waals surface area contributed by atoms with Crippen molar-refractivity contribution in [2.24, 2.45) is 10.2 Å². The van der Waals surface area contributed by atoms with Crippen LogP contribution in [0.15, 0.2) is 10.2 Å². The van der Waals surface area contributed by atoms with Gasteiger partial charge in [-0.25, -0.2) is 9.59 Å². The van der Waals surface area contributed by atoms with Gasteiger partial charge in [-0.05, 0) is 0 Å². The molecule has 0 amide bonds. The Labute approximate surface area is 57.4 Å². The van der Waals surface area contributed by atoms with E-state index in [4.69, 9.17) is 0 Å². The van der Waals surface area contributed by atoms with Gasteiger partial charge in [0.25, 0.3) is 12.2 Å². The summed E-state index contributed by atoms with van der Waals surface area (Å²) in [4.78, 5) is 19.3. The first kappa shape index (κ1) is 8.52. The summed E-state index contributed by atoms with van der Waals surface area (Å²) in [6, 6.07) is 0. The zero-order valence-corrected chi connectivity index (χ0v) is 5.61. The Morgan fingerprint density at radius 3 is 1.70 bits per heavy atom. The molecule has 0 saturated heterocycles. The van der Waals surface area contributed by atoms with Gasteiger partial charge in [0.05, 0.1) is 0 Å². The first-order valence-electron chi connectivity index (χ1n) is 2.35. The van der Waals surface area contributed by atoms with E-state index in [-0.39, 0.29) is 0 Å². The van der Waals surface area contributed by atoms with Crippen LogP contribution in [0.1, 0.15) is 0 Å². The molecule has 0 aliphatic heterocycles. The average Bonchev–Trinajstić information content (AvgIpc) is 1.87. The van der Waals surface area contributed by atoms with Crippen LogP contribution in [0.25, 0.3) is 0 Å². The summed E-state index contributed by atoms with van der Waals surface area (Å²) in [7, 11) is 3.11. The Balaban J connectivity index is 4.24. The molecule has 54 valence electrons. The Bertz CT molecular complexity index is 171. The van der Waals surface area contributed by atoms with Gasteiger partial charge in [0.15, 0.2) is 0 Å². The van der Waals surface area contributed by atoms with E-state index in [2.05, 4.69) is 10.2 Å². The number of nitrogens with zero attached hydrogens (tertiary/aromatic N) is 4. The van der Waals surface area contributed by atoms with Gasteiger partial charge in [-0.2, -0.15) is 5.01 Å². The number of rotatable bonds is 3. The van der Waals surface area contributed by atoms with Crippen molar-refractivity contribution in [2.45, 2.75) is 0 Å². The van der Waals surface area contributed by atoms with Gasteiger partial charge in [-0.15, -0.1) is 0 Å². The van der Waals surface area contributed by atoms with E-state index in [0.717, 1.165) is 5.23 Å². The van der Waals surface area contributed by atoms with E-state index in [1.165, 1.54) is 17.2 Å². The highest BCUT2D eigenvalue weighted by Gasteiger charge is 1.98. The fourth-order valence-corrected chi connectivity index (χ4v) is 0.274. The standard InChI is InChI=1S/C4H6N4O2/c1-7(2)8(5-3-9)6-4-10/h1-2H3. The normalized spacial score (nSPS) is 7.90. The first-order valence-corrected chi connectivity index (χ1v) is 2.35. The molecule has 6 nitrogen and oxygen atoms in total. The average molecular weight is 142 g/mol. The molecule has 0 unspecified atom stereocenters. The predicted octanol–water partition coefficient (Wildman–Crippen LogP) is -0.733. The second kappa shape index (κ2) is 4.40. The van der Waals surface area contributed by atoms with Gasteiger partial charge in [0.2, 0.25) is 0 Å². The molecule has 0 spiro atoms. The van der Waals surface area contributed by atoms with E-state index in [1.807, 2.05) is 0 Å². The summed E-state index contributed by atoms with van der Waals surface area (Å²) in [5.74, 6) is 0. The first-order chi connectivity index (χ1) is 4.72. The molecule has 0 aliphatic carbocycles. The Kier molecular flexibility index (Phi) is 3.75. The van der Waals surface area contributed by atoms with Gasteiger partial charge in [0.1, 0.15) is 0 Å². The van der Waals surface area contributed by atoms with Crippen LogP contribution in [0.4, 0.5) is 0 Å². The van der Waals surface area contributed by atoms with Crippen LogP contribution in [-0.4, -0.2) is 36.5 Å². The molecule has 0 rings (SSSR count). The highest BCUT2D eigenvalue weighted by molar-refractivity contribution is 5.34. The van der Waals surface area contributed by atoms with E-state index < -0.39 is 0 Å². The van der Waals surface area contributed by atoms with Crippen molar-refractivity contribution in [1.82, 2.24) is 10.2 Å². The van der Waals surface area contributed by atoms with Gasteiger partial charge in [0, 0.05) is 14.1 Å². The Morgan fingerprint density at radius 2 is 1.50 bits per heavy atom. The summed E-state index contributed by atoms with van der Waals surface area (Å²) in [6.45, 7) is 0. The maximum Gasteiger partial charge on any atom is 0.261 e. The van der Waals surface area contributed by atoms with Crippen molar-refractivity contribution in [3.63, 3.8) is 0 Å². The van der Waals surface area contributed by atoms with Crippen LogP contribution in [0, 0.1) is 0 Å². The van der Waals surface area contributed by atoms with Crippen molar-refractivity contribution >= 4 is 12.2 Å². The number of isocyanates is 2. The van der Waals surface area contributed by atoms with Crippen LogP contribution in [0.2, 0.25) is 0 Å². The largest absolute Gasteiger partial charge is 0.261 e. The zero-order valence-electron chi connectivity index (χ0n) is 5.61. The van der Waals surface area contributed by atoms with Crippen molar-refractivity contribution in [1.29, 1.82) is 0 Å². The maximum absolute atomic E-state index is 9.64. The fraction of sp³-hybridized carbons (Fsp3) is 0.500. The minimum absolute atomic E-state index is 0.764. The molecule has 0 aromatic heterocycles. The van der Waals surface area contributed by atoms with Crippen LogP contribution < -0.4 is 0 Å². The Hall–Kier alpha value is -1.48. The molecule has 0 aromatic carbocycles. The smallest absolute Gasteiger partial charge is 0.209 e. The molecule has 0 bridgehead atoms. The van der Waals surface area contributed by atoms with Gasteiger partial charge in [-0.1, -0.05) is 15.4 Å². The van der Waals surface area contributed by atoms with Crippen LogP contribution >= 0.6 is 0 Å². The van der Waals surface area contributed by atoms with Crippen LogP contribution in [-0.2, 0) is 9.59 Å². The molecule has 0 fully saturated rings. The minimum atomic E-state index is 0.764. The summed E-state index contributed by atoms with van der Waals surface area (Å²) < 4.78 is 0. The monoisotopic (exact) mass is 142 g/mol. The maximum atomic E-state index is 9.64. The molecule has 6 heteroatoms. The fourth-order valence-electron chi connectivity index (χ4n) is 0.274. The summed E-state index contributed by atoms with van der Waals surface area (Å²) in [5.41, 5.74) is 0. The number of carbonyl (C=O) groups excluding carboxylic acids is 2. The van der Waals surface area contributed by atoms with Crippen molar-refractivity contribution < 1.29 is 9.59 Å². The van der Waals surface area contributed by atoms with Gasteiger partial charge in [-0.3, -0.25) is 0 Å². The van der Waals surface area contributed by atoms with Crippen molar-refractivity contribution in [3.8, 4) is 0 Å². The molecule has 0 aromatic rings. The van der Waals surface area contributed by atoms with E-state index in [9.17, 15) is 9.59 Å². The third-order valence-corrected chi connectivity index (χ3v) is 0.618. The lowest BCUT2D eigenvalue weighted by atomic mass is 11.2. The number of hydrazone groups is 2. The molecule has 0 radical (unpaired) electrons. The van der Waals surface area contributed by atoms with Gasteiger partial charge >= 0.3 is 0 Å². The van der Waals surface area contributed by atoms with E-state index in [0.29, 0.717) is 0 Å². The molecule has 10 heavy (non-hydrogen) atoms. The zero-order chi connectivity index (χ0) is 7.98. The lowest BCUT2D eigenvalue weighted by Crippen LogP contribution is -2.26. The minimum Gasteiger partial charge on any atom is -0.209 e. The molecular weight excluding hydrogens is 136 g/mol. The molecule has 0 atom stereocenters. The van der Waals surface area contributed by atoms with Crippen LogP contribution in [0.3, 0.4) is 0 Å². The predicted molar refractivity (Wildman–Crippen MR) is 31.8 cm³/mol. The second-order valence-corrected chi connectivity index (χ2v) is 1.50. The van der Waals surface area contributed by atoms with Crippen molar-refractivity contribution in [3.05, 3.63) is 0 Å². The van der Waals surface area contributed by atoms with Gasteiger partial charge < -0.3 is 0 Å². The highest BCUT2D eigenvalue weighted by Crippen LogP contribution is 1.88. The highest BCUT2D eigenvalue weighted by atomic mass is 16.1. The quantitative estimate of drug-likeness (QED) is 0.296.